The topological polar surface area (TPSA) is 24.5 Å². The summed E-state index contributed by atoms with van der Waals surface area (Å²) in [5.41, 5.74) is 0.333. The number of ether oxygens (including phenoxy) is 1. The van der Waals surface area contributed by atoms with E-state index in [1.54, 1.807) is 0 Å². The molecule has 20 heavy (non-hydrogen) atoms. The minimum Gasteiger partial charge on any atom is -0.381 e. The molecule has 1 aliphatic heterocycles. The molecule has 3 nitrogen and oxygen atoms in total. The summed E-state index contributed by atoms with van der Waals surface area (Å²) < 4.78 is 5.70. The first-order chi connectivity index (χ1) is 9.60. The van der Waals surface area contributed by atoms with Crippen LogP contribution in [0.4, 0.5) is 0 Å². The summed E-state index contributed by atoms with van der Waals surface area (Å²) in [6.45, 7) is 7.71. The van der Waals surface area contributed by atoms with Crippen LogP contribution < -0.4 is 5.32 Å². The lowest BCUT2D eigenvalue weighted by Gasteiger charge is -2.51. The van der Waals surface area contributed by atoms with Gasteiger partial charge >= 0.3 is 0 Å². The summed E-state index contributed by atoms with van der Waals surface area (Å²) in [5.74, 6) is 1.59. The number of rotatable bonds is 6. The third kappa shape index (κ3) is 3.37. The first-order valence-corrected chi connectivity index (χ1v) is 8.58. The van der Waals surface area contributed by atoms with Crippen LogP contribution in [-0.4, -0.2) is 50.3 Å². The van der Waals surface area contributed by atoms with Crippen LogP contribution in [0.5, 0.6) is 0 Å². The Morgan fingerprint density at radius 1 is 1.25 bits per heavy atom. The second-order valence-corrected chi connectivity index (χ2v) is 7.24. The molecule has 118 valence electrons. The molecule has 0 amide bonds. The van der Waals surface area contributed by atoms with E-state index in [-0.39, 0.29) is 0 Å². The zero-order valence-corrected chi connectivity index (χ0v) is 14.0. The summed E-state index contributed by atoms with van der Waals surface area (Å²) in [6, 6.07) is 0.590. The Morgan fingerprint density at radius 3 is 2.45 bits per heavy atom. The maximum Gasteiger partial charge on any atom is 0.0510 e. The molecule has 2 atom stereocenters. The smallest absolute Gasteiger partial charge is 0.0510 e. The Bertz CT molecular complexity index is 279. The predicted molar refractivity (Wildman–Crippen MR) is 85.1 cm³/mol. The highest BCUT2D eigenvalue weighted by molar-refractivity contribution is 5.04. The van der Waals surface area contributed by atoms with Crippen molar-refractivity contribution < 1.29 is 4.74 Å². The van der Waals surface area contributed by atoms with Crippen molar-refractivity contribution in [2.45, 2.75) is 64.0 Å². The largest absolute Gasteiger partial charge is 0.381 e. The molecule has 0 aromatic heterocycles. The van der Waals surface area contributed by atoms with Gasteiger partial charge in [-0.15, -0.1) is 0 Å². The van der Waals surface area contributed by atoms with E-state index in [1.807, 2.05) is 0 Å². The van der Waals surface area contributed by atoms with Gasteiger partial charge in [0.2, 0.25) is 0 Å². The maximum absolute atomic E-state index is 5.70. The fourth-order valence-electron chi connectivity index (χ4n) is 4.21. The molecule has 3 heteroatoms. The van der Waals surface area contributed by atoms with Crippen LogP contribution in [0.2, 0.25) is 0 Å². The van der Waals surface area contributed by atoms with Crippen LogP contribution in [-0.2, 0) is 4.74 Å². The fourth-order valence-corrected chi connectivity index (χ4v) is 4.21. The lowest BCUT2D eigenvalue weighted by Crippen LogP contribution is -2.63. The molecule has 0 bridgehead atoms. The SMILES string of the molecule is CCCNC(C1CCOC1)C1(N(C)C)CCC(C)CC1. The van der Waals surface area contributed by atoms with Gasteiger partial charge in [-0.1, -0.05) is 13.8 Å². The van der Waals surface area contributed by atoms with Gasteiger partial charge in [0, 0.05) is 24.1 Å². The predicted octanol–water partition coefficient (Wildman–Crippen LogP) is 2.90. The Morgan fingerprint density at radius 2 is 1.95 bits per heavy atom. The number of likely N-dealkylation sites (N-methyl/N-ethyl adjacent to an activating group) is 1. The fraction of sp³-hybridized carbons (Fsp3) is 1.00. The number of hydrogen-bond donors (Lipinski definition) is 1. The van der Waals surface area contributed by atoms with Crippen LogP contribution >= 0.6 is 0 Å². The van der Waals surface area contributed by atoms with E-state index in [1.165, 1.54) is 38.5 Å². The summed E-state index contributed by atoms with van der Waals surface area (Å²) in [5, 5.41) is 3.90. The van der Waals surface area contributed by atoms with E-state index in [2.05, 4.69) is 38.2 Å². The van der Waals surface area contributed by atoms with Gasteiger partial charge in [-0.25, -0.2) is 0 Å². The van der Waals surface area contributed by atoms with Crippen LogP contribution in [0.3, 0.4) is 0 Å². The molecule has 0 aromatic carbocycles. The highest BCUT2D eigenvalue weighted by Crippen LogP contribution is 2.41. The highest BCUT2D eigenvalue weighted by Gasteiger charge is 2.46. The van der Waals surface area contributed by atoms with Gasteiger partial charge in [-0.2, -0.15) is 0 Å². The Labute approximate surface area is 125 Å². The second-order valence-electron chi connectivity index (χ2n) is 7.24. The average molecular weight is 282 g/mol. The van der Waals surface area contributed by atoms with E-state index in [4.69, 9.17) is 4.74 Å². The van der Waals surface area contributed by atoms with Crippen molar-refractivity contribution in [3.8, 4) is 0 Å². The van der Waals surface area contributed by atoms with Crippen molar-refractivity contribution >= 4 is 0 Å². The molecular weight excluding hydrogens is 248 g/mol. The summed E-state index contributed by atoms with van der Waals surface area (Å²) in [7, 11) is 4.57. The summed E-state index contributed by atoms with van der Waals surface area (Å²) >= 11 is 0. The summed E-state index contributed by atoms with van der Waals surface area (Å²) in [6.07, 6.45) is 7.85. The van der Waals surface area contributed by atoms with Crippen LogP contribution in [0, 0.1) is 11.8 Å². The average Bonchev–Trinajstić information content (AvgIpc) is 2.95. The zero-order chi connectivity index (χ0) is 14.6. The molecule has 1 N–H and O–H groups in total. The monoisotopic (exact) mass is 282 g/mol. The minimum absolute atomic E-state index is 0.333. The Hall–Kier alpha value is -0.120. The third-order valence-electron chi connectivity index (χ3n) is 5.66. The van der Waals surface area contributed by atoms with Crippen molar-refractivity contribution in [3.05, 3.63) is 0 Å². The van der Waals surface area contributed by atoms with Gasteiger partial charge in [0.15, 0.2) is 0 Å². The molecule has 1 saturated carbocycles. The lowest BCUT2D eigenvalue weighted by molar-refractivity contribution is 0.0185. The molecule has 2 aliphatic rings. The number of hydrogen-bond acceptors (Lipinski definition) is 3. The van der Waals surface area contributed by atoms with Gasteiger partial charge in [0.1, 0.15) is 0 Å². The van der Waals surface area contributed by atoms with Gasteiger partial charge in [-0.05, 0) is 65.1 Å². The van der Waals surface area contributed by atoms with E-state index < -0.39 is 0 Å². The number of nitrogens with zero attached hydrogens (tertiary/aromatic N) is 1. The van der Waals surface area contributed by atoms with Gasteiger partial charge in [0.05, 0.1) is 6.61 Å². The molecular formula is C17H34N2O. The zero-order valence-electron chi connectivity index (χ0n) is 14.0. The third-order valence-corrected chi connectivity index (χ3v) is 5.66. The molecule has 1 saturated heterocycles. The lowest BCUT2D eigenvalue weighted by atomic mass is 9.68. The van der Waals surface area contributed by atoms with E-state index in [0.29, 0.717) is 17.5 Å². The van der Waals surface area contributed by atoms with Crippen molar-refractivity contribution in [1.29, 1.82) is 0 Å². The molecule has 0 spiro atoms. The first kappa shape index (κ1) is 16.3. The molecule has 2 unspecified atom stereocenters. The van der Waals surface area contributed by atoms with Crippen LogP contribution in [0.25, 0.3) is 0 Å². The normalized spacial score (nSPS) is 36.5. The molecule has 1 aliphatic carbocycles. The molecule has 0 radical (unpaired) electrons. The van der Waals surface area contributed by atoms with Crippen molar-refractivity contribution in [2.75, 3.05) is 33.9 Å². The molecule has 0 aromatic rings. The van der Waals surface area contributed by atoms with E-state index >= 15 is 0 Å². The van der Waals surface area contributed by atoms with Gasteiger partial charge < -0.3 is 15.0 Å². The van der Waals surface area contributed by atoms with Gasteiger partial charge in [0.25, 0.3) is 0 Å². The van der Waals surface area contributed by atoms with Crippen molar-refractivity contribution in [1.82, 2.24) is 10.2 Å². The highest BCUT2D eigenvalue weighted by atomic mass is 16.5. The summed E-state index contributed by atoms with van der Waals surface area (Å²) in [4.78, 5) is 2.52. The minimum atomic E-state index is 0.333. The molecule has 2 rings (SSSR count). The van der Waals surface area contributed by atoms with Crippen LogP contribution in [0.15, 0.2) is 0 Å². The standard InChI is InChI=1S/C17H34N2O/c1-5-11-18-16(15-8-12-20-13-15)17(19(3)4)9-6-14(2)7-10-17/h14-16,18H,5-13H2,1-4H3. The molecule has 2 fully saturated rings. The van der Waals surface area contributed by atoms with Crippen molar-refractivity contribution in [2.24, 2.45) is 11.8 Å². The van der Waals surface area contributed by atoms with E-state index in [9.17, 15) is 0 Å². The Kier molecular flexibility index (Phi) is 5.88. The maximum atomic E-state index is 5.70. The first-order valence-electron chi connectivity index (χ1n) is 8.58. The number of nitrogens with one attached hydrogen (secondary N) is 1. The quantitative estimate of drug-likeness (QED) is 0.811. The Balaban J connectivity index is 2.16. The van der Waals surface area contributed by atoms with Gasteiger partial charge in [-0.3, -0.25) is 0 Å². The molecule has 1 heterocycles. The van der Waals surface area contributed by atoms with Crippen LogP contribution in [0.1, 0.15) is 52.4 Å². The van der Waals surface area contributed by atoms with Crippen molar-refractivity contribution in [3.63, 3.8) is 0 Å². The second kappa shape index (κ2) is 7.24. The van der Waals surface area contributed by atoms with E-state index in [0.717, 1.165) is 25.7 Å².